The Labute approximate surface area is 103 Å². The minimum absolute atomic E-state index is 0.218. The van der Waals surface area contributed by atoms with Crippen LogP contribution in [0.4, 0.5) is 0 Å². The number of aromatic nitrogens is 2. The number of carbonyl (C=O) groups excluding carboxylic acids is 1. The van der Waals surface area contributed by atoms with Crippen molar-refractivity contribution in [3.05, 3.63) is 48.0 Å². The van der Waals surface area contributed by atoms with Gasteiger partial charge >= 0.3 is 0 Å². The summed E-state index contributed by atoms with van der Waals surface area (Å²) in [7, 11) is 0. The molecule has 0 radical (unpaired) electrons. The molecule has 1 aromatic heterocycles. The lowest BCUT2D eigenvalue weighted by atomic mass is 9.97. The van der Waals surface area contributed by atoms with E-state index in [0.717, 1.165) is 11.8 Å². The summed E-state index contributed by atoms with van der Waals surface area (Å²) in [6.07, 6.45) is 5.58. The number of hydrogen-bond acceptors (Lipinski definition) is 5. The fourth-order valence-corrected chi connectivity index (χ4v) is 1.90. The topological polar surface area (TPSA) is 61.3 Å². The van der Waals surface area contributed by atoms with E-state index >= 15 is 0 Å². The molecular formula is C13H10N2O3. The second-order valence-electron chi connectivity index (χ2n) is 3.86. The molecule has 18 heavy (non-hydrogen) atoms. The summed E-state index contributed by atoms with van der Waals surface area (Å²) in [4.78, 5) is 19.4. The highest BCUT2D eigenvalue weighted by atomic mass is 16.7. The fraction of sp³-hybridized carbons (Fsp3) is 0.154. The van der Waals surface area contributed by atoms with Crippen LogP contribution in [0.3, 0.4) is 0 Å². The first-order valence-electron chi connectivity index (χ1n) is 5.49. The maximum atomic E-state index is 11.3. The van der Waals surface area contributed by atoms with Gasteiger partial charge in [-0.3, -0.25) is 9.97 Å². The van der Waals surface area contributed by atoms with Crippen molar-refractivity contribution >= 4 is 6.29 Å². The van der Waals surface area contributed by atoms with Gasteiger partial charge in [-0.25, -0.2) is 0 Å². The van der Waals surface area contributed by atoms with Gasteiger partial charge in [0.25, 0.3) is 0 Å². The molecule has 1 aliphatic heterocycles. The SMILES string of the molecule is O=CC(c1ccc2c(c1)OCO2)c1cnccn1. The molecule has 0 spiro atoms. The van der Waals surface area contributed by atoms with Crippen LogP contribution in [0.25, 0.3) is 0 Å². The van der Waals surface area contributed by atoms with E-state index in [1.54, 1.807) is 30.7 Å². The largest absolute Gasteiger partial charge is 0.454 e. The van der Waals surface area contributed by atoms with Crippen molar-refractivity contribution in [3.8, 4) is 11.5 Å². The van der Waals surface area contributed by atoms with Crippen LogP contribution in [0.2, 0.25) is 0 Å². The second-order valence-corrected chi connectivity index (χ2v) is 3.86. The van der Waals surface area contributed by atoms with Crippen LogP contribution in [0.1, 0.15) is 17.2 Å². The normalized spacial score (nSPS) is 14.2. The van der Waals surface area contributed by atoms with E-state index in [1.807, 2.05) is 6.07 Å². The molecule has 2 heterocycles. The third kappa shape index (κ3) is 1.79. The summed E-state index contributed by atoms with van der Waals surface area (Å²) in [6.45, 7) is 0.218. The van der Waals surface area contributed by atoms with Gasteiger partial charge in [-0.05, 0) is 17.7 Å². The predicted octanol–water partition coefficient (Wildman–Crippen LogP) is 1.54. The van der Waals surface area contributed by atoms with E-state index in [1.165, 1.54) is 0 Å². The van der Waals surface area contributed by atoms with Crippen molar-refractivity contribution < 1.29 is 14.3 Å². The van der Waals surface area contributed by atoms with Crippen LogP contribution in [0.5, 0.6) is 11.5 Å². The number of carbonyl (C=O) groups is 1. The lowest BCUT2D eigenvalue weighted by Gasteiger charge is -2.10. The highest BCUT2D eigenvalue weighted by Crippen LogP contribution is 2.35. The average Bonchev–Trinajstić information content (AvgIpc) is 2.88. The van der Waals surface area contributed by atoms with Gasteiger partial charge in [-0.15, -0.1) is 0 Å². The number of aldehydes is 1. The number of hydrogen-bond donors (Lipinski definition) is 0. The van der Waals surface area contributed by atoms with Crippen LogP contribution in [-0.4, -0.2) is 23.0 Å². The van der Waals surface area contributed by atoms with Gasteiger partial charge in [0, 0.05) is 18.6 Å². The Bertz CT molecular complexity index is 572. The van der Waals surface area contributed by atoms with Gasteiger partial charge in [-0.2, -0.15) is 0 Å². The van der Waals surface area contributed by atoms with Gasteiger partial charge in [0.15, 0.2) is 11.5 Å². The lowest BCUT2D eigenvalue weighted by molar-refractivity contribution is -0.108. The van der Waals surface area contributed by atoms with Gasteiger partial charge in [0.2, 0.25) is 6.79 Å². The molecule has 1 atom stereocenters. The smallest absolute Gasteiger partial charge is 0.231 e. The fourth-order valence-electron chi connectivity index (χ4n) is 1.90. The van der Waals surface area contributed by atoms with Crippen LogP contribution in [0.15, 0.2) is 36.8 Å². The summed E-state index contributed by atoms with van der Waals surface area (Å²) in [6, 6.07) is 5.43. The Hall–Kier alpha value is -2.43. The van der Waals surface area contributed by atoms with Crippen LogP contribution in [0, 0.1) is 0 Å². The van der Waals surface area contributed by atoms with E-state index in [4.69, 9.17) is 9.47 Å². The van der Waals surface area contributed by atoms with Crippen LogP contribution < -0.4 is 9.47 Å². The molecule has 0 saturated carbocycles. The zero-order valence-electron chi connectivity index (χ0n) is 9.45. The van der Waals surface area contributed by atoms with Gasteiger partial charge in [-0.1, -0.05) is 6.07 Å². The number of ether oxygens (including phenoxy) is 2. The second kappa shape index (κ2) is 4.44. The Kier molecular flexibility index (Phi) is 2.64. The number of benzene rings is 1. The zero-order valence-corrected chi connectivity index (χ0v) is 9.45. The van der Waals surface area contributed by atoms with E-state index in [2.05, 4.69) is 9.97 Å². The van der Waals surface area contributed by atoms with Crippen LogP contribution in [-0.2, 0) is 4.79 Å². The Morgan fingerprint density at radius 3 is 2.89 bits per heavy atom. The summed E-state index contributed by atoms with van der Waals surface area (Å²) in [5, 5.41) is 0. The van der Waals surface area contributed by atoms with Crippen molar-refractivity contribution in [1.82, 2.24) is 9.97 Å². The van der Waals surface area contributed by atoms with Crippen molar-refractivity contribution in [2.45, 2.75) is 5.92 Å². The summed E-state index contributed by atoms with van der Waals surface area (Å²) in [5.41, 5.74) is 1.43. The van der Waals surface area contributed by atoms with E-state index in [9.17, 15) is 4.79 Å². The molecule has 0 fully saturated rings. The molecule has 5 heteroatoms. The molecule has 0 amide bonds. The molecule has 3 rings (SSSR count). The van der Waals surface area contributed by atoms with Crippen molar-refractivity contribution in [2.24, 2.45) is 0 Å². The number of nitrogens with zero attached hydrogens (tertiary/aromatic N) is 2. The summed E-state index contributed by atoms with van der Waals surface area (Å²) < 4.78 is 10.5. The first-order chi connectivity index (χ1) is 8.88. The number of rotatable bonds is 3. The Balaban J connectivity index is 2.00. The highest BCUT2D eigenvalue weighted by molar-refractivity contribution is 5.68. The number of fused-ring (bicyclic) bond motifs is 1. The molecule has 0 saturated heterocycles. The average molecular weight is 242 g/mol. The monoisotopic (exact) mass is 242 g/mol. The third-order valence-corrected chi connectivity index (χ3v) is 2.79. The molecule has 1 aliphatic rings. The van der Waals surface area contributed by atoms with Gasteiger partial charge in [0.05, 0.1) is 11.6 Å². The maximum absolute atomic E-state index is 11.3. The third-order valence-electron chi connectivity index (χ3n) is 2.79. The lowest BCUT2D eigenvalue weighted by Crippen LogP contribution is -2.05. The van der Waals surface area contributed by atoms with Crippen LogP contribution >= 0.6 is 0 Å². The minimum Gasteiger partial charge on any atom is -0.454 e. The van der Waals surface area contributed by atoms with E-state index in [-0.39, 0.29) is 6.79 Å². The molecule has 90 valence electrons. The van der Waals surface area contributed by atoms with Gasteiger partial charge in [0.1, 0.15) is 6.29 Å². The first kappa shape index (κ1) is 10.7. The highest BCUT2D eigenvalue weighted by Gasteiger charge is 2.19. The predicted molar refractivity (Wildman–Crippen MR) is 62.5 cm³/mol. The molecule has 0 bridgehead atoms. The molecular weight excluding hydrogens is 232 g/mol. The standard InChI is InChI=1S/C13H10N2O3/c16-7-10(11-6-14-3-4-15-11)9-1-2-12-13(5-9)18-8-17-12/h1-7,10H,8H2. The van der Waals surface area contributed by atoms with Crippen molar-refractivity contribution in [3.63, 3.8) is 0 Å². The van der Waals surface area contributed by atoms with Crippen molar-refractivity contribution in [1.29, 1.82) is 0 Å². The minimum atomic E-state index is -0.437. The quantitative estimate of drug-likeness (QED) is 0.764. The van der Waals surface area contributed by atoms with Crippen molar-refractivity contribution in [2.75, 3.05) is 6.79 Å². The zero-order chi connectivity index (χ0) is 12.4. The van der Waals surface area contributed by atoms with E-state index < -0.39 is 5.92 Å². The van der Waals surface area contributed by atoms with E-state index in [0.29, 0.717) is 17.2 Å². The van der Waals surface area contributed by atoms with Gasteiger partial charge < -0.3 is 14.3 Å². The molecule has 0 aliphatic carbocycles. The summed E-state index contributed by atoms with van der Waals surface area (Å²) >= 11 is 0. The Morgan fingerprint density at radius 1 is 1.22 bits per heavy atom. The Morgan fingerprint density at radius 2 is 2.11 bits per heavy atom. The first-order valence-corrected chi connectivity index (χ1v) is 5.49. The molecule has 5 nitrogen and oxygen atoms in total. The summed E-state index contributed by atoms with van der Waals surface area (Å²) in [5.74, 6) is 0.916. The maximum Gasteiger partial charge on any atom is 0.231 e. The molecule has 1 unspecified atom stereocenters. The molecule has 2 aromatic rings. The molecule has 0 N–H and O–H groups in total. The molecule has 1 aromatic carbocycles.